The summed E-state index contributed by atoms with van der Waals surface area (Å²) in [6.45, 7) is 5.10. The molecular weight excluding hydrogens is 396 g/mol. The average Bonchev–Trinajstić information content (AvgIpc) is 3.16. The van der Waals surface area contributed by atoms with Crippen molar-refractivity contribution in [1.82, 2.24) is 20.1 Å². The monoisotopic (exact) mass is 424 g/mol. The molecule has 2 heterocycles. The maximum Gasteiger partial charge on any atom is 0.274 e. The van der Waals surface area contributed by atoms with E-state index in [0.717, 1.165) is 25.7 Å². The lowest BCUT2D eigenvalue weighted by Gasteiger charge is -2.12. The predicted molar refractivity (Wildman–Crippen MR) is 120 cm³/mol. The molecule has 7 heteroatoms. The van der Waals surface area contributed by atoms with Crippen LogP contribution in [0.2, 0.25) is 0 Å². The van der Waals surface area contributed by atoms with Crippen molar-refractivity contribution in [3.63, 3.8) is 0 Å². The number of aromatic nitrogens is 3. The molecule has 3 aromatic rings. The van der Waals surface area contributed by atoms with Gasteiger partial charge in [-0.15, -0.1) is 11.3 Å². The van der Waals surface area contributed by atoms with Crippen LogP contribution >= 0.6 is 11.3 Å². The maximum atomic E-state index is 12.9. The molecule has 0 unspecified atom stereocenters. The van der Waals surface area contributed by atoms with Gasteiger partial charge < -0.3 is 5.32 Å². The van der Waals surface area contributed by atoms with Crippen molar-refractivity contribution in [3.05, 3.63) is 55.9 Å². The van der Waals surface area contributed by atoms with Crippen LogP contribution in [0.15, 0.2) is 29.1 Å². The van der Waals surface area contributed by atoms with E-state index in [1.165, 1.54) is 33.1 Å². The molecule has 0 spiro atoms. The van der Waals surface area contributed by atoms with Crippen LogP contribution in [-0.2, 0) is 25.8 Å². The second-order valence-corrected chi connectivity index (χ2v) is 9.49. The van der Waals surface area contributed by atoms with E-state index in [9.17, 15) is 9.59 Å². The van der Waals surface area contributed by atoms with E-state index in [-0.39, 0.29) is 17.4 Å². The van der Waals surface area contributed by atoms with Gasteiger partial charge in [0.05, 0.1) is 16.1 Å². The van der Waals surface area contributed by atoms with Gasteiger partial charge in [0.2, 0.25) is 0 Å². The number of nitrogens with zero attached hydrogens (tertiary/aromatic N) is 3. The molecule has 0 aliphatic heterocycles. The Labute approximate surface area is 180 Å². The third-order valence-electron chi connectivity index (χ3n) is 5.36. The van der Waals surface area contributed by atoms with Gasteiger partial charge in [-0.3, -0.25) is 9.59 Å². The number of benzene rings is 1. The Balaban J connectivity index is 1.44. The summed E-state index contributed by atoms with van der Waals surface area (Å²) in [5.41, 5.74) is 1.45. The maximum absolute atomic E-state index is 12.9. The summed E-state index contributed by atoms with van der Waals surface area (Å²) in [4.78, 5) is 31.8. The average molecular weight is 425 g/mol. The number of aryl methyl sites for hydroxylation is 3. The first-order valence-electron chi connectivity index (χ1n) is 10.8. The molecule has 0 radical (unpaired) electrons. The number of nitrogens with one attached hydrogen (secondary N) is 1. The summed E-state index contributed by atoms with van der Waals surface area (Å²) in [5, 5.41) is 9.70. The Kier molecular flexibility index (Phi) is 6.27. The number of thiazole rings is 1. The van der Waals surface area contributed by atoms with Crippen LogP contribution < -0.4 is 10.9 Å². The van der Waals surface area contributed by atoms with Crippen LogP contribution in [0.3, 0.4) is 0 Å². The van der Waals surface area contributed by atoms with E-state index in [2.05, 4.69) is 10.4 Å². The molecule has 1 amide bonds. The Hall–Kier alpha value is -2.54. The fourth-order valence-corrected chi connectivity index (χ4v) is 5.11. The zero-order chi connectivity index (χ0) is 21.1. The normalized spacial score (nSPS) is 13.6. The van der Waals surface area contributed by atoms with Crippen molar-refractivity contribution in [2.24, 2.45) is 5.92 Å². The van der Waals surface area contributed by atoms with Gasteiger partial charge in [-0.25, -0.2) is 9.67 Å². The molecule has 1 N–H and O–H groups in total. The van der Waals surface area contributed by atoms with E-state index < -0.39 is 0 Å². The summed E-state index contributed by atoms with van der Waals surface area (Å²) in [5.74, 6) is 0.0264. The van der Waals surface area contributed by atoms with Crippen LogP contribution in [0.25, 0.3) is 10.8 Å². The van der Waals surface area contributed by atoms with Gasteiger partial charge >= 0.3 is 0 Å². The van der Waals surface area contributed by atoms with Crippen LogP contribution in [0.4, 0.5) is 0 Å². The van der Waals surface area contributed by atoms with Gasteiger partial charge in [0.1, 0.15) is 0 Å². The standard InChI is InChI=1S/C23H28N4O2S/c1-15(2)14-27-23(29)17-9-4-3-8-16(17)21(26-27)22(28)24-13-7-12-20-25-18-10-5-6-11-19(18)30-20/h3-4,8-9,15H,5-7,10-14H2,1-2H3,(H,24,28). The molecule has 4 rings (SSSR count). The Morgan fingerprint density at radius 3 is 2.73 bits per heavy atom. The molecule has 158 valence electrons. The highest BCUT2D eigenvalue weighted by Crippen LogP contribution is 2.27. The molecule has 0 saturated heterocycles. The lowest BCUT2D eigenvalue weighted by Crippen LogP contribution is -2.32. The Bertz CT molecular complexity index is 1090. The van der Waals surface area contributed by atoms with E-state index >= 15 is 0 Å². The highest BCUT2D eigenvalue weighted by atomic mass is 32.1. The van der Waals surface area contributed by atoms with Crippen LogP contribution in [0, 0.1) is 5.92 Å². The lowest BCUT2D eigenvalue weighted by atomic mass is 10.0. The van der Waals surface area contributed by atoms with E-state index in [1.54, 1.807) is 12.1 Å². The zero-order valence-corrected chi connectivity index (χ0v) is 18.4. The first kappa shape index (κ1) is 20.7. The number of carbonyl (C=O) groups excluding carboxylic acids is 1. The van der Waals surface area contributed by atoms with E-state index in [4.69, 9.17) is 4.98 Å². The predicted octanol–water partition coefficient (Wildman–Crippen LogP) is 3.75. The quantitative estimate of drug-likeness (QED) is 0.586. The SMILES string of the molecule is CC(C)Cn1nc(C(=O)NCCCc2nc3c(s2)CCCC3)c2ccccc2c1=O. The van der Waals surface area contributed by atoms with E-state index in [0.29, 0.717) is 29.6 Å². The van der Waals surface area contributed by atoms with E-state index in [1.807, 2.05) is 37.3 Å². The summed E-state index contributed by atoms with van der Waals surface area (Å²) in [7, 11) is 0. The van der Waals surface area contributed by atoms with Gasteiger partial charge in [0, 0.05) is 29.8 Å². The largest absolute Gasteiger partial charge is 0.351 e. The van der Waals surface area contributed by atoms with Crippen molar-refractivity contribution in [1.29, 1.82) is 0 Å². The zero-order valence-electron chi connectivity index (χ0n) is 17.6. The molecule has 1 aromatic carbocycles. The molecule has 0 saturated carbocycles. The second-order valence-electron chi connectivity index (χ2n) is 8.32. The molecule has 1 aliphatic rings. The second kappa shape index (κ2) is 9.08. The highest BCUT2D eigenvalue weighted by molar-refractivity contribution is 7.11. The van der Waals surface area contributed by atoms with Crippen molar-refractivity contribution in [2.75, 3.05) is 6.54 Å². The molecule has 0 fully saturated rings. The summed E-state index contributed by atoms with van der Waals surface area (Å²) in [6, 6.07) is 7.20. The fourth-order valence-electron chi connectivity index (χ4n) is 3.91. The number of rotatable bonds is 7. The van der Waals surface area contributed by atoms with Gasteiger partial charge in [0.25, 0.3) is 11.5 Å². The topological polar surface area (TPSA) is 76.9 Å². The van der Waals surface area contributed by atoms with Crippen molar-refractivity contribution in [2.45, 2.75) is 58.9 Å². The smallest absolute Gasteiger partial charge is 0.274 e. The number of amides is 1. The van der Waals surface area contributed by atoms with Crippen molar-refractivity contribution in [3.8, 4) is 0 Å². The third-order valence-corrected chi connectivity index (χ3v) is 6.58. The summed E-state index contributed by atoms with van der Waals surface area (Å²) in [6.07, 6.45) is 6.49. The van der Waals surface area contributed by atoms with Gasteiger partial charge in [-0.05, 0) is 44.1 Å². The molecule has 30 heavy (non-hydrogen) atoms. The Morgan fingerprint density at radius 2 is 1.97 bits per heavy atom. The van der Waals surface area contributed by atoms with Gasteiger partial charge in [-0.2, -0.15) is 5.10 Å². The highest BCUT2D eigenvalue weighted by Gasteiger charge is 2.18. The van der Waals surface area contributed by atoms with Crippen LogP contribution in [0.5, 0.6) is 0 Å². The minimum absolute atomic E-state index is 0.149. The molecule has 2 aromatic heterocycles. The number of hydrogen-bond acceptors (Lipinski definition) is 5. The molecule has 0 bridgehead atoms. The third kappa shape index (κ3) is 4.46. The Morgan fingerprint density at radius 1 is 1.20 bits per heavy atom. The molecule has 6 nitrogen and oxygen atoms in total. The fraction of sp³-hybridized carbons (Fsp3) is 0.478. The molecular formula is C23H28N4O2S. The first-order valence-corrected chi connectivity index (χ1v) is 11.6. The molecule has 0 atom stereocenters. The molecule has 1 aliphatic carbocycles. The van der Waals surface area contributed by atoms with Crippen molar-refractivity contribution >= 4 is 28.0 Å². The van der Waals surface area contributed by atoms with Crippen LogP contribution in [-0.4, -0.2) is 27.2 Å². The number of hydrogen-bond donors (Lipinski definition) is 1. The summed E-state index contributed by atoms with van der Waals surface area (Å²) >= 11 is 1.83. The number of fused-ring (bicyclic) bond motifs is 2. The minimum Gasteiger partial charge on any atom is -0.351 e. The first-order chi connectivity index (χ1) is 14.5. The van der Waals surface area contributed by atoms with Gasteiger partial charge in [-0.1, -0.05) is 32.0 Å². The van der Waals surface area contributed by atoms with Gasteiger partial charge in [0.15, 0.2) is 5.69 Å². The summed E-state index contributed by atoms with van der Waals surface area (Å²) < 4.78 is 1.42. The van der Waals surface area contributed by atoms with Crippen molar-refractivity contribution < 1.29 is 4.79 Å². The lowest BCUT2D eigenvalue weighted by molar-refractivity contribution is 0.0947. The van der Waals surface area contributed by atoms with Crippen LogP contribution in [0.1, 0.15) is 59.2 Å². The number of carbonyl (C=O) groups is 1. The minimum atomic E-state index is -0.234.